The summed E-state index contributed by atoms with van der Waals surface area (Å²) in [4.78, 5) is 16.4. The molecule has 4 rings (SSSR count). The third kappa shape index (κ3) is 1.85. The van der Waals surface area contributed by atoms with Crippen LogP contribution >= 0.6 is 0 Å². The van der Waals surface area contributed by atoms with Gasteiger partial charge in [0.1, 0.15) is 0 Å². The number of para-hydroxylation sites is 1. The van der Waals surface area contributed by atoms with Gasteiger partial charge in [-0.15, -0.1) is 0 Å². The molecule has 0 aliphatic heterocycles. The van der Waals surface area contributed by atoms with E-state index in [1.54, 1.807) is 0 Å². The molecule has 1 heterocycles. The molecule has 0 fully saturated rings. The molecule has 0 atom stereocenters. The van der Waals surface area contributed by atoms with Gasteiger partial charge in [-0.2, -0.15) is 0 Å². The van der Waals surface area contributed by atoms with Gasteiger partial charge in [-0.3, -0.25) is 4.79 Å². The number of ketones is 1. The molecule has 0 radical (unpaired) electrons. The van der Waals surface area contributed by atoms with E-state index >= 15 is 0 Å². The summed E-state index contributed by atoms with van der Waals surface area (Å²) >= 11 is 0. The lowest BCUT2D eigenvalue weighted by Crippen LogP contribution is -2.04. The second kappa shape index (κ2) is 4.85. The van der Waals surface area contributed by atoms with Crippen LogP contribution in [0.1, 0.15) is 21.5 Å². The van der Waals surface area contributed by atoms with Gasteiger partial charge in [0.25, 0.3) is 0 Å². The van der Waals surface area contributed by atoms with Crippen LogP contribution in [0.5, 0.6) is 0 Å². The van der Waals surface area contributed by atoms with Crippen molar-refractivity contribution in [3.63, 3.8) is 0 Å². The zero-order chi connectivity index (χ0) is 15.1. The Hall–Kier alpha value is -2.87. The number of aromatic amines is 1. The molecule has 0 aliphatic rings. The first-order valence-electron chi connectivity index (χ1n) is 7.35. The van der Waals surface area contributed by atoms with Gasteiger partial charge in [-0.05, 0) is 18.6 Å². The number of rotatable bonds is 2. The molecule has 22 heavy (non-hydrogen) atoms. The number of carbonyl (C=O) groups is 1. The lowest BCUT2D eigenvalue weighted by molar-refractivity contribution is 0.103. The molecule has 0 spiro atoms. The summed E-state index contributed by atoms with van der Waals surface area (Å²) in [5, 5.41) is 2.25. The highest BCUT2D eigenvalue weighted by Crippen LogP contribution is 2.30. The standard InChI is InChI=1S/C20H15NO/c1-13-11-12-16-15-9-5-6-10-17(15)21-19(16)18(13)20(22)14-7-3-2-4-8-14/h2-12,21H,1H3. The molecular weight excluding hydrogens is 270 g/mol. The van der Waals surface area contributed by atoms with E-state index in [1.807, 2.05) is 61.5 Å². The number of carbonyl (C=O) groups excluding carboxylic acids is 1. The zero-order valence-corrected chi connectivity index (χ0v) is 12.3. The largest absolute Gasteiger partial charge is 0.354 e. The fourth-order valence-electron chi connectivity index (χ4n) is 3.05. The molecule has 0 bridgehead atoms. The average Bonchev–Trinajstić information content (AvgIpc) is 2.93. The molecule has 1 N–H and O–H groups in total. The van der Waals surface area contributed by atoms with E-state index in [-0.39, 0.29) is 5.78 Å². The molecule has 2 heteroatoms. The first-order chi connectivity index (χ1) is 10.8. The predicted octanol–water partition coefficient (Wildman–Crippen LogP) is 4.86. The van der Waals surface area contributed by atoms with Crippen molar-refractivity contribution >= 4 is 27.6 Å². The van der Waals surface area contributed by atoms with E-state index < -0.39 is 0 Å². The fourth-order valence-corrected chi connectivity index (χ4v) is 3.05. The quantitative estimate of drug-likeness (QED) is 0.524. The number of H-pyrrole nitrogens is 1. The van der Waals surface area contributed by atoms with Gasteiger partial charge in [-0.1, -0.05) is 60.7 Å². The molecule has 0 saturated carbocycles. The summed E-state index contributed by atoms with van der Waals surface area (Å²) < 4.78 is 0. The van der Waals surface area contributed by atoms with Crippen LogP contribution in [0.15, 0.2) is 66.7 Å². The van der Waals surface area contributed by atoms with Crippen LogP contribution < -0.4 is 0 Å². The molecule has 1 aromatic heterocycles. The Labute approximate surface area is 128 Å². The molecule has 0 unspecified atom stereocenters. The minimum atomic E-state index is 0.0651. The van der Waals surface area contributed by atoms with E-state index in [0.29, 0.717) is 0 Å². The van der Waals surface area contributed by atoms with Gasteiger partial charge in [0, 0.05) is 27.4 Å². The Morgan fingerprint density at radius 3 is 2.36 bits per heavy atom. The van der Waals surface area contributed by atoms with E-state index in [9.17, 15) is 4.79 Å². The second-order valence-corrected chi connectivity index (χ2v) is 5.55. The van der Waals surface area contributed by atoms with Gasteiger partial charge in [0.15, 0.2) is 5.78 Å². The van der Waals surface area contributed by atoms with Crippen LogP contribution in [0.3, 0.4) is 0 Å². The Bertz CT molecular complexity index is 996. The number of hydrogen-bond acceptors (Lipinski definition) is 1. The minimum Gasteiger partial charge on any atom is -0.354 e. The van der Waals surface area contributed by atoms with Gasteiger partial charge < -0.3 is 4.98 Å². The van der Waals surface area contributed by atoms with Crippen LogP contribution in [0, 0.1) is 6.92 Å². The number of hydrogen-bond donors (Lipinski definition) is 1. The van der Waals surface area contributed by atoms with E-state index in [4.69, 9.17) is 0 Å². The first kappa shape index (κ1) is 12.8. The minimum absolute atomic E-state index is 0.0651. The molecule has 3 aromatic carbocycles. The highest BCUT2D eigenvalue weighted by atomic mass is 16.1. The van der Waals surface area contributed by atoms with Crippen molar-refractivity contribution < 1.29 is 4.79 Å². The maximum absolute atomic E-state index is 12.9. The number of fused-ring (bicyclic) bond motifs is 3. The van der Waals surface area contributed by atoms with Crippen LogP contribution in [0.2, 0.25) is 0 Å². The smallest absolute Gasteiger partial charge is 0.195 e. The molecular formula is C20H15NO. The Morgan fingerprint density at radius 1 is 0.818 bits per heavy atom. The summed E-state index contributed by atoms with van der Waals surface area (Å²) in [6.07, 6.45) is 0. The topological polar surface area (TPSA) is 32.9 Å². The fraction of sp³-hybridized carbons (Fsp3) is 0.0500. The lowest BCUT2D eigenvalue weighted by Gasteiger charge is -2.07. The van der Waals surface area contributed by atoms with Crippen LogP contribution in [-0.4, -0.2) is 10.8 Å². The summed E-state index contributed by atoms with van der Waals surface area (Å²) in [5.74, 6) is 0.0651. The number of aryl methyl sites for hydroxylation is 1. The lowest BCUT2D eigenvalue weighted by atomic mass is 9.96. The molecule has 2 nitrogen and oxygen atoms in total. The van der Waals surface area contributed by atoms with E-state index in [0.717, 1.165) is 38.5 Å². The van der Waals surface area contributed by atoms with Crippen molar-refractivity contribution in [2.75, 3.05) is 0 Å². The van der Waals surface area contributed by atoms with Crippen LogP contribution in [0.25, 0.3) is 21.8 Å². The Morgan fingerprint density at radius 2 is 1.55 bits per heavy atom. The third-order valence-electron chi connectivity index (χ3n) is 4.15. The van der Waals surface area contributed by atoms with Gasteiger partial charge in [0.05, 0.1) is 5.52 Å². The highest BCUT2D eigenvalue weighted by molar-refractivity contribution is 6.20. The summed E-state index contributed by atoms with van der Waals surface area (Å²) in [7, 11) is 0. The molecule has 0 aliphatic carbocycles. The van der Waals surface area contributed by atoms with Crippen molar-refractivity contribution in [2.24, 2.45) is 0 Å². The van der Waals surface area contributed by atoms with Crippen LogP contribution in [-0.2, 0) is 0 Å². The summed E-state index contributed by atoms with van der Waals surface area (Å²) in [6, 6.07) is 21.7. The maximum atomic E-state index is 12.9. The van der Waals surface area contributed by atoms with E-state index in [2.05, 4.69) is 17.1 Å². The maximum Gasteiger partial charge on any atom is 0.195 e. The monoisotopic (exact) mass is 285 g/mol. The third-order valence-corrected chi connectivity index (χ3v) is 4.15. The normalized spacial score (nSPS) is 11.1. The number of benzene rings is 3. The van der Waals surface area contributed by atoms with Crippen molar-refractivity contribution in [3.05, 3.63) is 83.4 Å². The van der Waals surface area contributed by atoms with E-state index in [1.165, 1.54) is 0 Å². The Kier molecular flexibility index (Phi) is 2.83. The first-order valence-corrected chi connectivity index (χ1v) is 7.35. The summed E-state index contributed by atoms with van der Waals surface area (Å²) in [6.45, 7) is 1.99. The highest BCUT2D eigenvalue weighted by Gasteiger charge is 2.17. The molecule has 106 valence electrons. The predicted molar refractivity (Wildman–Crippen MR) is 90.4 cm³/mol. The number of nitrogens with one attached hydrogen (secondary N) is 1. The van der Waals surface area contributed by atoms with Crippen molar-refractivity contribution in [1.82, 2.24) is 4.98 Å². The zero-order valence-electron chi connectivity index (χ0n) is 12.3. The average molecular weight is 285 g/mol. The SMILES string of the molecule is Cc1ccc2c([nH]c3ccccc32)c1C(=O)c1ccccc1. The Balaban J connectivity index is 2.04. The second-order valence-electron chi connectivity index (χ2n) is 5.55. The molecule has 0 amide bonds. The van der Waals surface area contributed by atoms with Crippen molar-refractivity contribution in [1.29, 1.82) is 0 Å². The van der Waals surface area contributed by atoms with Gasteiger partial charge >= 0.3 is 0 Å². The van der Waals surface area contributed by atoms with Gasteiger partial charge in [-0.25, -0.2) is 0 Å². The van der Waals surface area contributed by atoms with Crippen LogP contribution in [0.4, 0.5) is 0 Å². The van der Waals surface area contributed by atoms with Gasteiger partial charge in [0.2, 0.25) is 0 Å². The van der Waals surface area contributed by atoms with Crippen molar-refractivity contribution in [2.45, 2.75) is 6.92 Å². The molecule has 0 saturated heterocycles. The number of aromatic nitrogens is 1. The summed E-state index contributed by atoms with van der Waals surface area (Å²) in [5.41, 5.74) is 4.46. The van der Waals surface area contributed by atoms with Crippen molar-refractivity contribution in [3.8, 4) is 0 Å². The molecule has 4 aromatic rings.